The lowest BCUT2D eigenvalue weighted by atomic mass is 10.2. The standard InChI is InChI=1S/C18H28NO9P/c1-19(2,3)10-11-26-29(22,23)27-14-17(28-21)13-25-18(20)9-8-15-6-5-7-16(12-15)24-4/h5-9,12,17H,10-11,13-14H2,1-4H3,(H-,21,22,23)/t17-/m1/s1. The van der Waals surface area contributed by atoms with Crippen LogP contribution in [0.25, 0.3) is 6.08 Å². The number of methoxy groups -OCH3 is 1. The van der Waals surface area contributed by atoms with Gasteiger partial charge in [0, 0.05) is 6.08 Å². The van der Waals surface area contributed by atoms with Crippen molar-refractivity contribution in [3.05, 3.63) is 35.9 Å². The molecule has 0 heterocycles. The van der Waals surface area contributed by atoms with Gasteiger partial charge < -0.3 is 27.9 Å². The topological polar surface area (TPSA) is 124 Å². The number of esters is 1. The summed E-state index contributed by atoms with van der Waals surface area (Å²) in [5.41, 5.74) is 0.720. The van der Waals surface area contributed by atoms with Gasteiger partial charge in [0.1, 0.15) is 25.5 Å². The summed E-state index contributed by atoms with van der Waals surface area (Å²) >= 11 is 0. The molecule has 0 saturated carbocycles. The van der Waals surface area contributed by atoms with Crippen LogP contribution in [0.15, 0.2) is 30.3 Å². The van der Waals surface area contributed by atoms with E-state index in [-0.39, 0.29) is 6.61 Å². The first-order valence-electron chi connectivity index (χ1n) is 8.74. The Morgan fingerprint density at radius 2 is 2.00 bits per heavy atom. The van der Waals surface area contributed by atoms with Gasteiger partial charge in [0.2, 0.25) is 0 Å². The fourth-order valence-electron chi connectivity index (χ4n) is 1.88. The highest BCUT2D eigenvalue weighted by atomic mass is 31.2. The molecule has 0 aliphatic rings. The van der Waals surface area contributed by atoms with E-state index >= 15 is 0 Å². The minimum atomic E-state index is -4.57. The maximum absolute atomic E-state index is 11.8. The van der Waals surface area contributed by atoms with Gasteiger partial charge in [-0.1, -0.05) is 12.1 Å². The minimum absolute atomic E-state index is 0.0566. The zero-order valence-corrected chi connectivity index (χ0v) is 17.9. The predicted octanol–water partition coefficient (Wildman–Crippen LogP) is 1.32. The van der Waals surface area contributed by atoms with Gasteiger partial charge in [-0.2, -0.15) is 0 Å². The lowest BCUT2D eigenvalue weighted by Gasteiger charge is -2.27. The van der Waals surface area contributed by atoms with E-state index in [1.807, 2.05) is 21.1 Å². The molecule has 29 heavy (non-hydrogen) atoms. The molecular formula is C18H28NO9P. The molecule has 164 valence electrons. The number of nitrogens with zero attached hydrogens (tertiary/aromatic N) is 1. The summed E-state index contributed by atoms with van der Waals surface area (Å²) in [5, 5.41) is 8.85. The van der Waals surface area contributed by atoms with E-state index in [1.54, 1.807) is 24.3 Å². The Morgan fingerprint density at radius 1 is 1.28 bits per heavy atom. The van der Waals surface area contributed by atoms with Gasteiger partial charge in [-0.15, -0.1) is 0 Å². The number of carbonyl (C=O) groups excluding carboxylic acids is 1. The van der Waals surface area contributed by atoms with Crippen molar-refractivity contribution in [2.45, 2.75) is 6.10 Å². The lowest BCUT2D eigenvalue weighted by molar-refractivity contribution is -0.870. The Labute approximate surface area is 170 Å². The number of likely N-dealkylation sites (N-methyl/N-ethyl adjacent to an activating group) is 1. The minimum Gasteiger partial charge on any atom is -0.756 e. The quantitative estimate of drug-likeness (QED) is 0.122. The number of hydrogen-bond donors (Lipinski definition) is 1. The second-order valence-corrected chi connectivity index (χ2v) is 8.47. The smallest absolute Gasteiger partial charge is 0.330 e. The van der Waals surface area contributed by atoms with Crippen LogP contribution in [0.4, 0.5) is 0 Å². The van der Waals surface area contributed by atoms with Gasteiger partial charge in [0.15, 0.2) is 6.10 Å². The third-order valence-corrected chi connectivity index (χ3v) is 4.46. The number of phosphoric ester groups is 1. The average molecular weight is 433 g/mol. The molecule has 10 nitrogen and oxygen atoms in total. The highest BCUT2D eigenvalue weighted by Gasteiger charge is 2.18. The zero-order chi connectivity index (χ0) is 21.9. The SMILES string of the molecule is COc1cccc(C=CC(=O)OC[C@H](COP(=O)([O-])OCC[N+](C)(C)C)OO)c1. The highest BCUT2D eigenvalue weighted by Crippen LogP contribution is 2.38. The second kappa shape index (κ2) is 12.0. The first-order valence-corrected chi connectivity index (χ1v) is 10.2. The maximum Gasteiger partial charge on any atom is 0.330 e. The van der Waals surface area contributed by atoms with Gasteiger partial charge in [0.25, 0.3) is 7.82 Å². The molecule has 1 rings (SSSR count). The summed E-state index contributed by atoms with van der Waals surface area (Å²) < 4.78 is 31.6. The molecular weight excluding hydrogens is 405 g/mol. The zero-order valence-electron chi connectivity index (χ0n) is 17.0. The van der Waals surface area contributed by atoms with Gasteiger partial charge in [-0.05, 0) is 23.8 Å². The number of phosphoric acid groups is 1. The fraction of sp³-hybridized carbons (Fsp3) is 0.500. The van der Waals surface area contributed by atoms with Crippen LogP contribution in [0.3, 0.4) is 0 Å². The Hall–Kier alpha value is -1.78. The molecule has 0 aliphatic carbocycles. The second-order valence-electron chi connectivity index (χ2n) is 7.06. The van der Waals surface area contributed by atoms with Crippen molar-refractivity contribution in [3.8, 4) is 5.75 Å². The summed E-state index contributed by atoms with van der Waals surface area (Å²) in [5.74, 6) is -0.0727. The molecule has 1 N–H and O–H groups in total. The Kier molecular flexibility index (Phi) is 10.5. The summed E-state index contributed by atoms with van der Waals surface area (Å²) in [6.45, 7) is -0.600. The summed E-state index contributed by atoms with van der Waals surface area (Å²) in [4.78, 5) is 27.5. The van der Waals surface area contributed by atoms with E-state index in [1.165, 1.54) is 19.3 Å². The highest BCUT2D eigenvalue weighted by molar-refractivity contribution is 7.45. The van der Waals surface area contributed by atoms with Crippen molar-refractivity contribution in [3.63, 3.8) is 0 Å². The number of rotatable bonds is 13. The first-order chi connectivity index (χ1) is 13.5. The molecule has 0 spiro atoms. The van der Waals surface area contributed by atoms with Crippen LogP contribution in [0, 0.1) is 0 Å². The van der Waals surface area contributed by atoms with Crippen LogP contribution < -0.4 is 9.63 Å². The Balaban J connectivity index is 2.41. The van der Waals surface area contributed by atoms with E-state index < -0.39 is 33.1 Å². The van der Waals surface area contributed by atoms with Crippen LogP contribution in [0.5, 0.6) is 5.75 Å². The van der Waals surface area contributed by atoms with E-state index in [4.69, 9.17) is 19.3 Å². The third kappa shape index (κ3) is 11.7. The van der Waals surface area contributed by atoms with Crippen LogP contribution >= 0.6 is 7.82 Å². The van der Waals surface area contributed by atoms with Crippen molar-refractivity contribution < 1.29 is 47.4 Å². The molecule has 0 saturated heterocycles. The van der Waals surface area contributed by atoms with Crippen LogP contribution in [-0.4, -0.2) is 76.4 Å². The van der Waals surface area contributed by atoms with Gasteiger partial charge in [-0.3, -0.25) is 9.82 Å². The van der Waals surface area contributed by atoms with Crippen molar-refractivity contribution >= 4 is 19.9 Å². The third-order valence-electron chi connectivity index (χ3n) is 3.50. The molecule has 2 atom stereocenters. The number of ether oxygens (including phenoxy) is 2. The van der Waals surface area contributed by atoms with Gasteiger partial charge in [-0.25, -0.2) is 9.68 Å². The maximum atomic E-state index is 11.8. The Morgan fingerprint density at radius 3 is 2.62 bits per heavy atom. The molecule has 0 fully saturated rings. The van der Waals surface area contributed by atoms with Crippen molar-refractivity contribution in [2.75, 3.05) is 54.6 Å². The molecule has 0 aliphatic heterocycles. The van der Waals surface area contributed by atoms with Crippen molar-refractivity contribution in [2.24, 2.45) is 0 Å². The molecule has 0 amide bonds. The average Bonchev–Trinajstić information content (AvgIpc) is 2.65. The summed E-state index contributed by atoms with van der Waals surface area (Å²) in [6.07, 6.45) is 1.49. The van der Waals surface area contributed by atoms with Crippen LogP contribution in [0.2, 0.25) is 0 Å². The number of carbonyl (C=O) groups is 1. The van der Waals surface area contributed by atoms with E-state index in [0.29, 0.717) is 16.8 Å². The molecule has 0 bridgehead atoms. The number of quaternary nitrogens is 1. The van der Waals surface area contributed by atoms with Crippen molar-refractivity contribution in [1.29, 1.82) is 0 Å². The van der Waals surface area contributed by atoms with Crippen LogP contribution in [-0.2, 0) is 28.0 Å². The molecule has 0 radical (unpaired) electrons. The number of benzene rings is 1. The normalized spacial score (nSPS) is 15.1. The molecule has 1 unspecified atom stereocenters. The van der Waals surface area contributed by atoms with Gasteiger partial charge >= 0.3 is 5.97 Å². The Bertz CT molecular complexity index is 718. The van der Waals surface area contributed by atoms with E-state index in [9.17, 15) is 14.3 Å². The summed E-state index contributed by atoms with van der Waals surface area (Å²) in [6, 6.07) is 7.02. The number of hydrogen-bond acceptors (Lipinski definition) is 9. The molecule has 0 aromatic heterocycles. The van der Waals surface area contributed by atoms with Crippen LogP contribution in [0.1, 0.15) is 5.56 Å². The lowest BCUT2D eigenvalue weighted by Crippen LogP contribution is -2.37. The predicted molar refractivity (Wildman–Crippen MR) is 103 cm³/mol. The van der Waals surface area contributed by atoms with E-state index in [2.05, 4.69) is 9.41 Å². The molecule has 1 aromatic rings. The van der Waals surface area contributed by atoms with E-state index in [0.717, 1.165) is 5.56 Å². The summed E-state index contributed by atoms with van der Waals surface area (Å²) in [7, 11) is 2.61. The molecule has 1 aromatic carbocycles. The monoisotopic (exact) mass is 433 g/mol. The molecule has 11 heteroatoms. The first kappa shape index (κ1) is 25.3. The fourth-order valence-corrected chi connectivity index (χ4v) is 2.61. The van der Waals surface area contributed by atoms with Gasteiger partial charge in [0.05, 0.1) is 34.9 Å². The largest absolute Gasteiger partial charge is 0.756 e. The van der Waals surface area contributed by atoms with Crippen molar-refractivity contribution in [1.82, 2.24) is 0 Å².